The molecule has 0 saturated carbocycles. The number of amides is 1. The molecule has 1 amide bonds. The summed E-state index contributed by atoms with van der Waals surface area (Å²) in [5.74, 6) is -0.151. The van der Waals surface area contributed by atoms with Crippen LogP contribution in [0.2, 0.25) is 0 Å². The molecule has 3 heterocycles. The molecule has 1 aliphatic carbocycles. The van der Waals surface area contributed by atoms with Gasteiger partial charge < -0.3 is 4.52 Å². The van der Waals surface area contributed by atoms with E-state index in [1.54, 1.807) is 22.3 Å². The largest absolute Gasteiger partial charge is 0.335 e. The number of hydrogen-bond acceptors (Lipinski definition) is 6. The van der Waals surface area contributed by atoms with Gasteiger partial charge in [-0.25, -0.2) is 9.97 Å². The Morgan fingerprint density at radius 3 is 2.81 bits per heavy atom. The van der Waals surface area contributed by atoms with Gasteiger partial charge in [0.15, 0.2) is 5.13 Å². The van der Waals surface area contributed by atoms with Crippen molar-refractivity contribution in [2.75, 3.05) is 11.4 Å². The molecule has 1 aromatic carbocycles. The van der Waals surface area contributed by atoms with Gasteiger partial charge in [-0.3, -0.25) is 9.69 Å². The second-order valence-electron chi connectivity index (χ2n) is 7.65. The summed E-state index contributed by atoms with van der Waals surface area (Å²) in [4.78, 5) is 26.2. The molecule has 0 saturated heterocycles. The number of benzene rings is 1. The summed E-state index contributed by atoms with van der Waals surface area (Å²) >= 11 is 1.61. The number of aromatic nitrogens is 3. The lowest BCUT2D eigenvalue weighted by atomic mass is 10.0. The summed E-state index contributed by atoms with van der Waals surface area (Å²) in [6.45, 7) is 6.06. The van der Waals surface area contributed by atoms with E-state index in [4.69, 9.17) is 9.51 Å². The van der Waals surface area contributed by atoms with Crippen LogP contribution >= 0.6 is 11.3 Å². The Hall–Kier alpha value is -3.32. The summed E-state index contributed by atoms with van der Waals surface area (Å²) in [5.41, 5.74) is 4.22. The number of pyridine rings is 1. The fraction of sp³-hybridized carbons (Fsp3) is 0.250. The molecule has 0 radical (unpaired) electrons. The standard InChI is InChI=1S/C24H22N4O2S/c1-3-13-28(24-26-18-11-7-8-12-20(18)31-24)23(29)17-14-19(16-9-5-4-6-10-16)25-22-21(17)15(2)27-30-22/h3-6,9-10,14H,1,7-8,11-13H2,2H3. The smallest absolute Gasteiger partial charge is 0.261 e. The van der Waals surface area contributed by atoms with E-state index < -0.39 is 0 Å². The van der Waals surface area contributed by atoms with Gasteiger partial charge in [-0.2, -0.15) is 0 Å². The average molecular weight is 431 g/mol. The number of hydrogen-bond donors (Lipinski definition) is 0. The zero-order valence-electron chi connectivity index (χ0n) is 17.3. The summed E-state index contributed by atoms with van der Waals surface area (Å²) in [6.07, 6.45) is 6.07. The lowest BCUT2D eigenvalue weighted by molar-refractivity contribution is 0.0991. The number of aryl methyl sites for hydroxylation is 3. The molecule has 31 heavy (non-hydrogen) atoms. The highest BCUT2D eigenvalue weighted by Gasteiger charge is 2.27. The Morgan fingerprint density at radius 1 is 1.23 bits per heavy atom. The average Bonchev–Trinajstić information content (AvgIpc) is 3.40. The molecular weight excluding hydrogens is 408 g/mol. The Bertz CT molecular complexity index is 1250. The molecular formula is C24H22N4O2S. The maximum Gasteiger partial charge on any atom is 0.261 e. The van der Waals surface area contributed by atoms with Gasteiger partial charge >= 0.3 is 0 Å². The Kier molecular flexibility index (Phi) is 5.11. The molecule has 0 unspecified atom stereocenters. The Morgan fingerprint density at radius 2 is 2.03 bits per heavy atom. The van der Waals surface area contributed by atoms with Gasteiger partial charge in [0.05, 0.1) is 28.0 Å². The molecule has 4 aromatic rings. The fourth-order valence-electron chi connectivity index (χ4n) is 4.00. The van der Waals surface area contributed by atoms with E-state index in [1.807, 2.05) is 43.3 Å². The van der Waals surface area contributed by atoms with Crippen LogP contribution < -0.4 is 4.90 Å². The van der Waals surface area contributed by atoms with Gasteiger partial charge in [-0.15, -0.1) is 17.9 Å². The van der Waals surface area contributed by atoms with Gasteiger partial charge in [0, 0.05) is 17.0 Å². The highest BCUT2D eigenvalue weighted by atomic mass is 32.1. The van der Waals surface area contributed by atoms with Gasteiger partial charge in [0.2, 0.25) is 0 Å². The minimum absolute atomic E-state index is 0.151. The minimum Gasteiger partial charge on any atom is -0.335 e. The van der Waals surface area contributed by atoms with Crippen LogP contribution in [0.1, 0.15) is 39.5 Å². The van der Waals surface area contributed by atoms with Crippen molar-refractivity contribution in [3.63, 3.8) is 0 Å². The number of rotatable bonds is 5. The van der Waals surface area contributed by atoms with Crippen LogP contribution in [0.25, 0.3) is 22.4 Å². The highest BCUT2D eigenvalue weighted by molar-refractivity contribution is 7.16. The third kappa shape index (κ3) is 3.55. The van der Waals surface area contributed by atoms with E-state index in [9.17, 15) is 4.79 Å². The zero-order chi connectivity index (χ0) is 21.4. The first-order valence-electron chi connectivity index (χ1n) is 10.4. The van der Waals surface area contributed by atoms with E-state index in [0.717, 1.165) is 35.7 Å². The van der Waals surface area contributed by atoms with Gasteiger partial charge in [-0.1, -0.05) is 41.6 Å². The highest BCUT2D eigenvalue weighted by Crippen LogP contribution is 2.34. The van der Waals surface area contributed by atoms with Crippen LogP contribution in [0.3, 0.4) is 0 Å². The minimum atomic E-state index is -0.151. The first kappa shape index (κ1) is 19.6. The van der Waals surface area contributed by atoms with Crippen molar-refractivity contribution in [1.82, 2.24) is 15.1 Å². The van der Waals surface area contributed by atoms with Gasteiger partial charge in [0.25, 0.3) is 11.6 Å². The Balaban J connectivity index is 1.64. The van der Waals surface area contributed by atoms with Crippen molar-refractivity contribution in [3.8, 4) is 11.3 Å². The number of carbonyl (C=O) groups excluding carboxylic acids is 1. The molecule has 0 atom stereocenters. The van der Waals surface area contributed by atoms with Crippen LogP contribution in [-0.4, -0.2) is 27.6 Å². The fourth-order valence-corrected chi connectivity index (χ4v) is 5.15. The molecule has 0 aliphatic heterocycles. The SMILES string of the molecule is C=CCN(C(=O)c1cc(-c2ccccc2)nc2onc(C)c12)c1nc2c(s1)CCCC2. The van der Waals surface area contributed by atoms with Gasteiger partial charge in [0.1, 0.15) is 0 Å². The van der Waals surface area contributed by atoms with E-state index in [0.29, 0.717) is 34.6 Å². The topological polar surface area (TPSA) is 72.1 Å². The van der Waals surface area contributed by atoms with Crippen molar-refractivity contribution in [1.29, 1.82) is 0 Å². The molecule has 0 spiro atoms. The number of anilines is 1. The van der Waals surface area contributed by atoms with Crippen LogP contribution in [0.5, 0.6) is 0 Å². The van der Waals surface area contributed by atoms with Crippen LogP contribution in [0, 0.1) is 6.92 Å². The number of fused-ring (bicyclic) bond motifs is 2. The van der Waals surface area contributed by atoms with Crippen LogP contribution in [0.4, 0.5) is 5.13 Å². The molecule has 7 heteroatoms. The summed E-state index contributed by atoms with van der Waals surface area (Å²) < 4.78 is 5.45. The molecule has 156 valence electrons. The van der Waals surface area contributed by atoms with E-state index >= 15 is 0 Å². The van der Waals surface area contributed by atoms with Gasteiger partial charge in [-0.05, 0) is 38.7 Å². The number of thiazole rings is 1. The van der Waals surface area contributed by atoms with Crippen molar-refractivity contribution in [3.05, 3.63) is 70.9 Å². The zero-order valence-corrected chi connectivity index (χ0v) is 18.1. The predicted octanol–water partition coefficient (Wildman–Crippen LogP) is 5.37. The lowest BCUT2D eigenvalue weighted by Crippen LogP contribution is -2.31. The summed E-state index contributed by atoms with van der Waals surface area (Å²) in [7, 11) is 0. The molecule has 0 N–H and O–H groups in total. The van der Waals surface area contributed by atoms with E-state index in [2.05, 4.69) is 16.7 Å². The van der Waals surface area contributed by atoms with E-state index in [-0.39, 0.29) is 5.91 Å². The second-order valence-corrected chi connectivity index (χ2v) is 8.71. The Labute approximate surface area is 184 Å². The summed E-state index contributed by atoms with van der Waals surface area (Å²) in [5, 5.41) is 5.42. The third-order valence-electron chi connectivity index (χ3n) is 5.54. The molecule has 1 aliphatic rings. The van der Waals surface area contributed by atoms with Crippen molar-refractivity contribution in [2.24, 2.45) is 0 Å². The van der Waals surface area contributed by atoms with E-state index in [1.165, 1.54) is 11.3 Å². The molecule has 6 nitrogen and oxygen atoms in total. The predicted molar refractivity (Wildman–Crippen MR) is 123 cm³/mol. The lowest BCUT2D eigenvalue weighted by Gasteiger charge is -2.19. The molecule has 3 aromatic heterocycles. The second kappa shape index (κ2) is 8.07. The monoisotopic (exact) mass is 430 g/mol. The van der Waals surface area contributed by atoms with Crippen LogP contribution in [0.15, 0.2) is 53.6 Å². The summed E-state index contributed by atoms with van der Waals surface area (Å²) in [6, 6.07) is 11.6. The maximum atomic E-state index is 13.8. The van der Waals surface area contributed by atoms with Crippen molar-refractivity contribution >= 4 is 33.5 Å². The van der Waals surface area contributed by atoms with Crippen molar-refractivity contribution < 1.29 is 9.32 Å². The quantitative estimate of drug-likeness (QED) is 0.398. The molecule has 0 fully saturated rings. The van der Waals surface area contributed by atoms with Crippen molar-refractivity contribution in [2.45, 2.75) is 32.6 Å². The van der Waals surface area contributed by atoms with Crippen LogP contribution in [-0.2, 0) is 12.8 Å². The normalized spacial score (nSPS) is 13.2. The maximum absolute atomic E-state index is 13.8. The third-order valence-corrected chi connectivity index (χ3v) is 6.72. The number of carbonyl (C=O) groups is 1. The first-order chi connectivity index (χ1) is 15.2. The molecule has 5 rings (SSSR count). The molecule has 0 bridgehead atoms. The number of nitrogens with zero attached hydrogens (tertiary/aromatic N) is 4. The first-order valence-corrected chi connectivity index (χ1v) is 11.2.